The van der Waals surface area contributed by atoms with E-state index in [-0.39, 0.29) is 18.8 Å². The van der Waals surface area contributed by atoms with E-state index in [4.69, 9.17) is 18.9 Å². The third kappa shape index (κ3) is 5.48. The molecule has 1 aromatic rings. The van der Waals surface area contributed by atoms with Crippen LogP contribution in [0.15, 0.2) is 36.4 Å². The van der Waals surface area contributed by atoms with Crippen molar-refractivity contribution in [2.24, 2.45) is 0 Å². The highest BCUT2D eigenvalue weighted by Crippen LogP contribution is 2.27. The number of carbonyl (C=O) groups is 1. The summed E-state index contributed by atoms with van der Waals surface area (Å²) < 4.78 is 20.8. The second kappa shape index (κ2) is 9.19. The van der Waals surface area contributed by atoms with Crippen LogP contribution in [0.3, 0.4) is 0 Å². The van der Waals surface area contributed by atoms with Gasteiger partial charge in [0.15, 0.2) is 6.29 Å². The molecule has 1 N–H and O–H groups in total. The molecule has 0 aliphatic rings. The third-order valence-corrected chi connectivity index (χ3v) is 2.79. The zero-order valence-electron chi connectivity index (χ0n) is 13.1. The number of hydrogen-bond donors (Lipinski definition) is 1. The van der Waals surface area contributed by atoms with Crippen molar-refractivity contribution in [3.8, 4) is 5.75 Å². The average Bonchev–Trinajstić information content (AvgIpc) is 2.52. The van der Waals surface area contributed by atoms with E-state index in [1.807, 2.05) is 6.07 Å². The first-order valence-electron chi connectivity index (χ1n) is 6.77. The van der Waals surface area contributed by atoms with Crippen LogP contribution >= 0.6 is 0 Å². The minimum absolute atomic E-state index is 0.0272. The lowest BCUT2D eigenvalue weighted by Crippen LogP contribution is -2.25. The van der Waals surface area contributed by atoms with Gasteiger partial charge in [-0.3, -0.25) is 0 Å². The molecule has 1 rings (SSSR count). The third-order valence-electron chi connectivity index (χ3n) is 2.79. The van der Waals surface area contributed by atoms with E-state index in [2.05, 4.69) is 6.58 Å². The Morgan fingerprint density at radius 1 is 1.23 bits per heavy atom. The molecule has 1 unspecified atom stereocenters. The lowest BCUT2D eigenvalue weighted by atomic mass is 10.2. The number of carbonyl (C=O) groups excluding carboxylic acids is 1. The molecule has 6 nitrogen and oxygen atoms in total. The Hall–Kier alpha value is -1.89. The maximum absolute atomic E-state index is 11.2. The molecule has 0 fully saturated rings. The number of hydrogen-bond acceptors (Lipinski definition) is 6. The van der Waals surface area contributed by atoms with Gasteiger partial charge in [-0.25, -0.2) is 4.79 Å². The second-order valence-corrected chi connectivity index (χ2v) is 4.68. The zero-order valence-corrected chi connectivity index (χ0v) is 13.1. The standard InChI is InChI=1S/C16H22O6/c1-11(2)15(18)22-10-12(17)9-21-14-8-6-5-7-13(14)16(19-3)20-4/h5-8,12,16-17H,1,9-10H2,2-4H3. The quantitative estimate of drug-likeness (QED) is 0.426. The van der Waals surface area contributed by atoms with Gasteiger partial charge >= 0.3 is 5.97 Å². The summed E-state index contributed by atoms with van der Waals surface area (Å²) in [6.45, 7) is 4.81. The topological polar surface area (TPSA) is 74.2 Å². The first kappa shape index (κ1) is 18.2. The van der Waals surface area contributed by atoms with Crippen LogP contribution in [0, 0.1) is 0 Å². The van der Waals surface area contributed by atoms with Gasteiger partial charge in [0.25, 0.3) is 0 Å². The summed E-state index contributed by atoms with van der Waals surface area (Å²) in [6, 6.07) is 7.18. The van der Waals surface area contributed by atoms with Crippen molar-refractivity contribution in [1.82, 2.24) is 0 Å². The number of benzene rings is 1. The molecule has 0 amide bonds. The highest BCUT2D eigenvalue weighted by Gasteiger charge is 2.16. The molecule has 0 saturated heterocycles. The largest absolute Gasteiger partial charge is 0.490 e. The molecule has 0 aliphatic heterocycles. The van der Waals surface area contributed by atoms with Gasteiger partial charge in [-0.15, -0.1) is 0 Å². The Kier molecular flexibility index (Phi) is 7.59. The van der Waals surface area contributed by atoms with Gasteiger partial charge in [-0.1, -0.05) is 24.8 Å². The number of rotatable bonds is 9. The summed E-state index contributed by atoms with van der Waals surface area (Å²) in [5.41, 5.74) is 0.986. The minimum Gasteiger partial charge on any atom is -0.490 e. The van der Waals surface area contributed by atoms with Gasteiger partial charge in [0.1, 0.15) is 25.1 Å². The molecular weight excluding hydrogens is 288 g/mol. The maximum atomic E-state index is 11.2. The van der Waals surface area contributed by atoms with E-state index in [1.54, 1.807) is 18.2 Å². The average molecular weight is 310 g/mol. The van der Waals surface area contributed by atoms with Crippen molar-refractivity contribution in [1.29, 1.82) is 0 Å². The van der Waals surface area contributed by atoms with E-state index >= 15 is 0 Å². The van der Waals surface area contributed by atoms with E-state index in [9.17, 15) is 9.90 Å². The fourth-order valence-electron chi connectivity index (χ4n) is 1.69. The number of aliphatic hydroxyl groups excluding tert-OH is 1. The SMILES string of the molecule is C=C(C)C(=O)OCC(O)COc1ccccc1C(OC)OC. The van der Waals surface area contributed by atoms with Crippen LogP contribution in [0.25, 0.3) is 0 Å². The number of methoxy groups -OCH3 is 2. The lowest BCUT2D eigenvalue weighted by molar-refractivity contribution is -0.142. The minimum atomic E-state index is -0.945. The molecule has 0 saturated carbocycles. The van der Waals surface area contributed by atoms with Gasteiger partial charge in [0.05, 0.1) is 0 Å². The second-order valence-electron chi connectivity index (χ2n) is 4.68. The Labute approximate surface area is 130 Å². The molecule has 0 bridgehead atoms. The number of para-hydroxylation sites is 1. The van der Waals surface area contributed by atoms with Crippen LogP contribution in [-0.4, -0.2) is 44.6 Å². The van der Waals surface area contributed by atoms with E-state index in [0.29, 0.717) is 11.3 Å². The van der Waals surface area contributed by atoms with Gasteiger partial charge in [0.2, 0.25) is 0 Å². The van der Waals surface area contributed by atoms with Crippen LogP contribution < -0.4 is 4.74 Å². The van der Waals surface area contributed by atoms with Crippen LogP contribution in [-0.2, 0) is 19.0 Å². The van der Waals surface area contributed by atoms with Crippen molar-refractivity contribution in [2.75, 3.05) is 27.4 Å². The molecule has 0 aromatic heterocycles. The molecule has 0 radical (unpaired) electrons. The smallest absolute Gasteiger partial charge is 0.333 e. The van der Waals surface area contributed by atoms with Crippen molar-refractivity contribution in [3.63, 3.8) is 0 Å². The van der Waals surface area contributed by atoms with Crippen molar-refractivity contribution >= 4 is 5.97 Å². The highest BCUT2D eigenvalue weighted by molar-refractivity contribution is 5.86. The van der Waals surface area contributed by atoms with Crippen LogP contribution in [0.5, 0.6) is 5.75 Å². The van der Waals surface area contributed by atoms with E-state index < -0.39 is 18.4 Å². The first-order valence-corrected chi connectivity index (χ1v) is 6.77. The zero-order chi connectivity index (χ0) is 16.5. The molecular formula is C16H22O6. The summed E-state index contributed by atoms with van der Waals surface area (Å²) in [5.74, 6) is -0.0141. The summed E-state index contributed by atoms with van der Waals surface area (Å²) >= 11 is 0. The normalized spacial score (nSPS) is 12.0. The van der Waals surface area contributed by atoms with Crippen LogP contribution in [0.2, 0.25) is 0 Å². The molecule has 0 spiro atoms. The predicted octanol–water partition coefficient (Wildman–Crippen LogP) is 1.84. The molecule has 1 aromatic carbocycles. The maximum Gasteiger partial charge on any atom is 0.333 e. The lowest BCUT2D eigenvalue weighted by Gasteiger charge is -2.19. The number of aliphatic hydroxyl groups is 1. The van der Waals surface area contributed by atoms with Crippen LogP contribution in [0.4, 0.5) is 0 Å². The first-order chi connectivity index (χ1) is 10.5. The summed E-state index contributed by atoms with van der Waals surface area (Å²) in [4.78, 5) is 11.2. The molecule has 1 atom stereocenters. The van der Waals surface area contributed by atoms with Gasteiger partial charge in [0, 0.05) is 25.4 Å². The Bertz CT molecular complexity index is 495. The molecule has 122 valence electrons. The fraction of sp³-hybridized carbons (Fsp3) is 0.438. The van der Waals surface area contributed by atoms with E-state index in [0.717, 1.165) is 0 Å². The van der Waals surface area contributed by atoms with Crippen molar-refractivity contribution < 1.29 is 28.8 Å². The van der Waals surface area contributed by atoms with Crippen LogP contribution in [0.1, 0.15) is 18.8 Å². The Morgan fingerprint density at radius 3 is 2.45 bits per heavy atom. The monoisotopic (exact) mass is 310 g/mol. The summed E-state index contributed by atoms with van der Waals surface area (Å²) in [5, 5.41) is 9.79. The summed E-state index contributed by atoms with van der Waals surface area (Å²) in [7, 11) is 3.05. The number of esters is 1. The molecule has 0 heterocycles. The van der Waals surface area contributed by atoms with Gasteiger partial charge in [-0.05, 0) is 13.0 Å². The molecule has 0 aliphatic carbocycles. The Balaban J connectivity index is 2.57. The molecule has 6 heteroatoms. The van der Waals surface area contributed by atoms with Crippen molar-refractivity contribution in [3.05, 3.63) is 42.0 Å². The predicted molar refractivity (Wildman–Crippen MR) is 80.5 cm³/mol. The number of ether oxygens (including phenoxy) is 4. The Morgan fingerprint density at radius 2 is 1.86 bits per heavy atom. The van der Waals surface area contributed by atoms with Crippen molar-refractivity contribution in [2.45, 2.75) is 19.3 Å². The summed E-state index contributed by atoms with van der Waals surface area (Å²) in [6.07, 6.45) is -1.51. The van der Waals surface area contributed by atoms with Gasteiger partial charge < -0.3 is 24.1 Å². The fourth-order valence-corrected chi connectivity index (χ4v) is 1.69. The van der Waals surface area contributed by atoms with Gasteiger partial charge in [-0.2, -0.15) is 0 Å². The molecule has 22 heavy (non-hydrogen) atoms. The van der Waals surface area contributed by atoms with E-state index in [1.165, 1.54) is 21.1 Å². The highest BCUT2D eigenvalue weighted by atomic mass is 16.7.